The molecule has 0 fully saturated rings. The van der Waals surface area contributed by atoms with Crippen LogP contribution in [0.1, 0.15) is 6.92 Å². The van der Waals surface area contributed by atoms with E-state index >= 15 is 0 Å². The largest absolute Gasteiger partial charge is 0.189 e. The van der Waals surface area contributed by atoms with E-state index in [0.29, 0.717) is 0 Å². The van der Waals surface area contributed by atoms with Gasteiger partial charge in [0.05, 0.1) is 0 Å². The Bertz CT molecular complexity index is 899. The zero-order valence-electron chi connectivity index (χ0n) is 10.9. The van der Waals surface area contributed by atoms with Gasteiger partial charge >= 0.3 is 0 Å². The monoisotopic (exact) mass is 263 g/mol. The topological polar surface area (TPSA) is 0 Å². The summed E-state index contributed by atoms with van der Waals surface area (Å²) in [4.78, 5) is 0. The highest BCUT2D eigenvalue weighted by atomic mass is 32.2. The zero-order chi connectivity index (χ0) is 12.8. The van der Waals surface area contributed by atoms with Crippen molar-refractivity contribution in [3.63, 3.8) is 0 Å². The van der Waals surface area contributed by atoms with Crippen LogP contribution in [0.15, 0.2) is 60.7 Å². The molecule has 0 aliphatic rings. The van der Waals surface area contributed by atoms with Crippen LogP contribution in [0.2, 0.25) is 0 Å². The molecule has 1 heterocycles. The Labute approximate surface area is 115 Å². The molecule has 92 valence electrons. The van der Waals surface area contributed by atoms with E-state index in [1.807, 2.05) is 0 Å². The normalized spacial score (nSPS) is 12.6. The molecule has 0 N–H and O–H groups in total. The van der Waals surface area contributed by atoms with Gasteiger partial charge in [0.1, 0.15) is 5.75 Å². The minimum absolute atomic E-state index is 0.241. The van der Waals surface area contributed by atoms with Gasteiger partial charge in [-0.25, -0.2) is 0 Å². The van der Waals surface area contributed by atoms with Crippen molar-refractivity contribution < 1.29 is 0 Å². The van der Waals surface area contributed by atoms with E-state index in [1.165, 1.54) is 32.0 Å². The molecule has 1 heteroatoms. The van der Waals surface area contributed by atoms with Crippen LogP contribution in [0.4, 0.5) is 0 Å². The van der Waals surface area contributed by atoms with Crippen molar-refractivity contribution in [3.05, 3.63) is 60.7 Å². The summed E-state index contributed by atoms with van der Waals surface area (Å²) in [6.07, 6.45) is 0. The van der Waals surface area contributed by atoms with Crippen molar-refractivity contribution >= 4 is 41.4 Å². The molecule has 0 saturated carbocycles. The molecule has 0 amide bonds. The Kier molecular flexibility index (Phi) is 2.36. The molecule has 0 nitrogen and oxygen atoms in total. The van der Waals surface area contributed by atoms with Crippen LogP contribution in [-0.2, 0) is 5.75 Å². The van der Waals surface area contributed by atoms with Gasteiger partial charge in [0, 0.05) is 16.2 Å². The lowest BCUT2D eigenvalue weighted by atomic mass is 10.1. The average molecular weight is 263 g/mol. The van der Waals surface area contributed by atoms with Gasteiger partial charge in [-0.05, 0) is 47.0 Å². The van der Waals surface area contributed by atoms with Crippen LogP contribution >= 0.6 is 10.5 Å². The van der Waals surface area contributed by atoms with Crippen molar-refractivity contribution in [2.75, 3.05) is 0 Å². The number of rotatable bonds is 1. The summed E-state index contributed by atoms with van der Waals surface area (Å²) >= 11 is 0. The highest BCUT2D eigenvalue weighted by Crippen LogP contribution is 2.46. The van der Waals surface area contributed by atoms with E-state index in [0.717, 1.165) is 0 Å². The lowest BCUT2D eigenvalue weighted by Crippen LogP contribution is -1.73. The molecule has 1 aromatic heterocycles. The third kappa shape index (κ3) is 1.45. The van der Waals surface area contributed by atoms with Crippen LogP contribution in [0.3, 0.4) is 0 Å². The second kappa shape index (κ2) is 4.07. The molecule has 19 heavy (non-hydrogen) atoms. The molecule has 4 aromatic rings. The van der Waals surface area contributed by atoms with Gasteiger partial charge in [-0.2, -0.15) is 0 Å². The molecular formula is C18H15S+. The standard InChI is InChI=1S/C18H15S/c1-2-19-17-10-6-5-9-15(17)16-12-11-13-7-3-4-8-14(13)18(16)19/h3-12H,2H2,1H3/q+1. The van der Waals surface area contributed by atoms with E-state index in [4.69, 9.17) is 0 Å². The fourth-order valence-corrected chi connectivity index (χ4v) is 5.44. The summed E-state index contributed by atoms with van der Waals surface area (Å²) in [6.45, 7) is 2.30. The van der Waals surface area contributed by atoms with E-state index < -0.39 is 0 Å². The predicted molar refractivity (Wildman–Crippen MR) is 87.1 cm³/mol. The fourth-order valence-electron chi connectivity index (χ4n) is 3.03. The molecule has 1 atom stereocenters. The first-order valence-corrected chi connectivity index (χ1v) is 8.11. The Morgan fingerprint density at radius 2 is 1.47 bits per heavy atom. The average Bonchev–Trinajstić information content (AvgIpc) is 2.81. The number of thiophene rings is 1. The summed E-state index contributed by atoms with van der Waals surface area (Å²) in [6, 6.07) is 22.2. The van der Waals surface area contributed by atoms with E-state index in [1.54, 1.807) is 4.70 Å². The smallest absolute Gasteiger partial charge is 0.0616 e. The van der Waals surface area contributed by atoms with Gasteiger partial charge in [0.15, 0.2) is 9.40 Å². The maximum absolute atomic E-state index is 2.30. The first-order valence-electron chi connectivity index (χ1n) is 6.72. The van der Waals surface area contributed by atoms with E-state index in [-0.39, 0.29) is 10.5 Å². The molecule has 3 aromatic carbocycles. The summed E-state index contributed by atoms with van der Waals surface area (Å²) < 4.78 is 3.08. The lowest BCUT2D eigenvalue weighted by molar-refractivity contribution is 1.38. The third-order valence-corrected chi connectivity index (χ3v) is 6.25. The van der Waals surface area contributed by atoms with Gasteiger partial charge in [0.25, 0.3) is 0 Å². The van der Waals surface area contributed by atoms with Crippen molar-refractivity contribution in [2.45, 2.75) is 12.7 Å². The first kappa shape index (κ1) is 11.0. The second-order valence-electron chi connectivity index (χ2n) is 4.84. The number of benzene rings is 3. The Hall–Kier alpha value is -1.86. The SMILES string of the molecule is CC[s+]1c2ccccc2c2ccc3ccccc3c21. The van der Waals surface area contributed by atoms with Gasteiger partial charge in [-0.3, -0.25) is 0 Å². The van der Waals surface area contributed by atoms with E-state index in [2.05, 4.69) is 67.6 Å². The van der Waals surface area contributed by atoms with Crippen molar-refractivity contribution in [1.29, 1.82) is 0 Å². The minimum atomic E-state index is 0.241. The van der Waals surface area contributed by atoms with Gasteiger partial charge < -0.3 is 0 Å². The molecule has 0 aliphatic carbocycles. The number of fused-ring (bicyclic) bond motifs is 5. The molecule has 4 rings (SSSR count). The molecule has 0 radical (unpaired) electrons. The number of hydrogen-bond acceptors (Lipinski definition) is 0. The highest BCUT2D eigenvalue weighted by molar-refractivity contribution is 7.43. The summed E-state index contributed by atoms with van der Waals surface area (Å²) in [7, 11) is 0.241. The Morgan fingerprint density at radius 3 is 2.32 bits per heavy atom. The molecule has 1 unspecified atom stereocenters. The maximum atomic E-state index is 2.30. The lowest BCUT2D eigenvalue weighted by Gasteiger charge is -1.96. The zero-order valence-corrected chi connectivity index (χ0v) is 11.7. The molecule has 0 saturated heterocycles. The van der Waals surface area contributed by atoms with Gasteiger partial charge in [0.2, 0.25) is 0 Å². The quantitative estimate of drug-likeness (QED) is 0.374. The Morgan fingerprint density at radius 1 is 0.737 bits per heavy atom. The minimum Gasteiger partial charge on any atom is -0.0616 e. The highest BCUT2D eigenvalue weighted by Gasteiger charge is 2.21. The van der Waals surface area contributed by atoms with Crippen LogP contribution < -0.4 is 0 Å². The van der Waals surface area contributed by atoms with E-state index in [9.17, 15) is 0 Å². The van der Waals surface area contributed by atoms with Crippen molar-refractivity contribution in [3.8, 4) is 0 Å². The van der Waals surface area contributed by atoms with Crippen LogP contribution in [0, 0.1) is 0 Å². The number of hydrogen-bond donors (Lipinski definition) is 0. The molecule has 0 bridgehead atoms. The molecule has 0 aliphatic heterocycles. The van der Waals surface area contributed by atoms with Crippen molar-refractivity contribution in [2.24, 2.45) is 0 Å². The fraction of sp³-hybridized carbons (Fsp3) is 0.111. The van der Waals surface area contributed by atoms with Crippen LogP contribution in [0.5, 0.6) is 0 Å². The van der Waals surface area contributed by atoms with Crippen LogP contribution in [0.25, 0.3) is 30.9 Å². The Balaban J connectivity index is 2.37. The van der Waals surface area contributed by atoms with Crippen molar-refractivity contribution in [1.82, 2.24) is 0 Å². The maximum Gasteiger partial charge on any atom is 0.189 e. The third-order valence-electron chi connectivity index (χ3n) is 3.86. The van der Waals surface area contributed by atoms with Gasteiger partial charge in [-0.1, -0.05) is 36.4 Å². The predicted octanol–water partition coefficient (Wildman–Crippen LogP) is 5.92. The number of aryl methyl sites for hydroxylation is 1. The van der Waals surface area contributed by atoms with Crippen LogP contribution in [-0.4, -0.2) is 0 Å². The summed E-state index contributed by atoms with van der Waals surface area (Å²) in [5.74, 6) is 1.19. The first-order chi connectivity index (χ1) is 9.40. The summed E-state index contributed by atoms with van der Waals surface area (Å²) in [5, 5.41) is 5.68. The summed E-state index contributed by atoms with van der Waals surface area (Å²) in [5.41, 5.74) is 0. The molecule has 0 spiro atoms. The van der Waals surface area contributed by atoms with Gasteiger partial charge in [-0.15, -0.1) is 0 Å². The second-order valence-corrected chi connectivity index (χ2v) is 7.05. The molecular weight excluding hydrogens is 248 g/mol.